The van der Waals surface area contributed by atoms with Crippen LogP contribution < -0.4 is 5.32 Å². The number of imidazole rings is 1. The minimum Gasteiger partial charge on any atom is -0.340 e. The number of nitrogens with one attached hydrogen (secondary N) is 2. The van der Waals surface area contributed by atoms with E-state index in [1.54, 1.807) is 4.90 Å². The molecule has 0 saturated carbocycles. The van der Waals surface area contributed by atoms with E-state index in [9.17, 15) is 4.79 Å². The molecule has 6 heteroatoms. The fourth-order valence-electron chi connectivity index (χ4n) is 2.85. The van der Waals surface area contributed by atoms with E-state index in [-0.39, 0.29) is 11.4 Å². The van der Waals surface area contributed by atoms with Gasteiger partial charge in [-0.3, -0.25) is 0 Å². The van der Waals surface area contributed by atoms with Crippen molar-refractivity contribution >= 4 is 17.1 Å². The topological polar surface area (TPSA) is 84.8 Å². The number of piperidine rings is 1. The predicted octanol–water partition coefficient (Wildman–Crippen LogP) is 2.71. The van der Waals surface area contributed by atoms with Crippen LogP contribution in [0.2, 0.25) is 0 Å². The summed E-state index contributed by atoms with van der Waals surface area (Å²) in [4.78, 5) is 21.7. The number of carbonyl (C=O) groups excluding carboxylic acids is 1. The maximum absolute atomic E-state index is 12.2. The molecule has 0 radical (unpaired) electrons. The number of urea groups is 1. The summed E-state index contributed by atoms with van der Waals surface area (Å²) in [5.41, 5.74) is 2.76. The first-order chi connectivity index (χ1) is 11.0. The van der Waals surface area contributed by atoms with Crippen molar-refractivity contribution in [3.05, 3.63) is 29.6 Å². The lowest BCUT2D eigenvalue weighted by molar-refractivity contribution is 0.155. The summed E-state index contributed by atoms with van der Waals surface area (Å²) in [6.07, 6.45) is 1.45. The molecule has 1 aliphatic heterocycles. The molecule has 2 amide bonds. The SMILES string of the molecule is Cc1ccc2nc(CNC(=O)N3CCC(C)(C#N)CC3)[nH]c2c1. The molecule has 1 aliphatic rings. The first-order valence-electron chi connectivity index (χ1n) is 7.88. The molecule has 3 rings (SSSR count). The van der Waals surface area contributed by atoms with E-state index in [2.05, 4.69) is 21.4 Å². The van der Waals surface area contributed by atoms with Crippen molar-refractivity contribution in [2.75, 3.05) is 13.1 Å². The minimum atomic E-state index is -0.298. The smallest absolute Gasteiger partial charge is 0.317 e. The largest absolute Gasteiger partial charge is 0.340 e. The van der Waals surface area contributed by atoms with Gasteiger partial charge in [0.15, 0.2) is 0 Å². The Balaban J connectivity index is 1.57. The average Bonchev–Trinajstić information content (AvgIpc) is 2.95. The molecule has 1 aromatic carbocycles. The zero-order valence-electron chi connectivity index (χ0n) is 13.5. The van der Waals surface area contributed by atoms with Crippen LogP contribution in [-0.4, -0.2) is 34.0 Å². The normalized spacial score (nSPS) is 17.0. The van der Waals surface area contributed by atoms with Crippen LogP contribution in [0.4, 0.5) is 4.79 Å². The summed E-state index contributed by atoms with van der Waals surface area (Å²) in [6, 6.07) is 8.28. The number of likely N-dealkylation sites (tertiary alicyclic amines) is 1. The van der Waals surface area contributed by atoms with Crippen molar-refractivity contribution in [2.45, 2.75) is 33.2 Å². The van der Waals surface area contributed by atoms with E-state index >= 15 is 0 Å². The highest BCUT2D eigenvalue weighted by Crippen LogP contribution is 2.29. The van der Waals surface area contributed by atoms with Crippen LogP contribution in [0.3, 0.4) is 0 Å². The number of carbonyl (C=O) groups is 1. The number of H-pyrrole nitrogens is 1. The molecule has 1 aromatic heterocycles. The van der Waals surface area contributed by atoms with Crippen molar-refractivity contribution in [1.82, 2.24) is 20.2 Å². The second-order valence-electron chi connectivity index (χ2n) is 6.52. The Morgan fingerprint density at radius 1 is 1.48 bits per heavy atom. The zero-order chi connectivity index (χ0) is 16.4. The van der Waals surface area contributed by atoms with E-state index in [4.69, 9.17) is 5.26 Å². The number of amides is 2. The lowest BCUT2D eigenvalue weighted by Crippen LogP contribution is -2.46. The number of rotatable bonds is 2. The monoisotopic (exact) mass is 311 g/mol. The molecule has 120 valence electrons. The number of hydrogen-bond acceptors (Lipinski definition) is 3. The lowest BCUT2D eigenvalue weighted by Gasteiger charge is -2.34. The number of hydrogen-bond donors (Lipinski definition) is 2. The third kappa shape index (κ3) is 3.29. The van der Waals surface area contributed by atoms with Crippen LogP contribution >= 0.6 is 0 Å². The number of nitrogens with zero attached hydrogens (tertiary/aromatic N) is 3. The van der Waals surface area contributed by atoms with Gasteiger partial charge in [0.05, 0.1) is 29.1 Å². The van der Waals surface area contributed by atoms with Crippen LogP contribution in [-0.2, 0) is 6.54 Å². The van der Waals surface area contributed by atoms with Gasteiger partial charge in [0, 0.05) is 13.1 Å². The summed E-state index contributed by atoms with van der Waals surface area (Å²) < 4.78 is 0. The quantitative estimate of drug-likeness (QED) is 0.894. The molecule has 6 nitrogen and oxygen atoms in total. The highest BCUT2D eigenvalue weighted by Gasteiger charge is 2.31. The molecule has 0 atom stereocenters. The van der Waals surface area contributed by atoms with Crippen molar-refractivity contribution in [3.8, 4) is 6.07 Å². The first-order valence-corrected chi connectivity index (χ1v) is 7.88. The van der Waals surface area contributed by atoms with Crippen LogP contribution in [0.25, 0.3) is 11.0 Å². The van der Waals surface area contributed by atoms with Gasteiger partial charge >= 0.3 is 6.03 Å². The molecule has 2 aromatic rings. The Hall–Kier alpha value is -2.55. The van der Waals surface area contributed by atoms with Crippen LogP contribution in [0, 0.1) is 23.7 Å². The average molecular weight is 311 g/mol. The number of benzene rings is 1. The van der Waals surface area contributed by atoms with Gasteiger partial charge in [0.25, 0.3) is 0 Å². The van der Waals surface area contributed by atoms with Gasteiger partial charge in [0.2, 0.25) is 0 Å². The fourth-order valence-corrected chi connectivity index (χ4v) is 2.85. The van der Waals surface area contributed by atoms with Gasteiger partial charge < -0.3 is 15.2 Å². The van der Waals surface area contributed by atoms with Gasteiger partial charge in [-0.2, -0.15) is 5.26 Å². The molecule has 1 saturated heterocycles. The molecule has 2 heterocycles. The molecule has 0 spiro atoms. The van der Waals surface area contributed by atoms with E-state index in [0.29, 0.717) is 19.6 Å². The Morgan fingerprint density at radius 2 is 2.22 bits per heavy atom. The highest BCUT2D eigenvalue weighted by molar-refractivity contribution is 5.76. The molecule has 0 bridgehead atoms. The van der Waals surface area contributed by atoms with E-state index in [0.717, 1.165) is 29.7 Å². The molecule has 1 fully saturated rings. The van der Waals surface area contributed by atoms with E-state index in [1.807, 2.05) is 32.0 Å². The van der Waals surface area contributed by atoms with E-state index < -0.39 is 0 Å². The number of aromatic nitrogens is 2. The lowest BCUT2D eigenvalue weighted by atomic mass is 9.82. The standard InChI is InChI=1S/C17H21N5O/c1-12-3-4-13-14(9-12)21-15(20-13)10-19-16(23)22-7-5-17(2,11-18)6-8-22/h3-4,9H,5-8,10H2,1-2H3,(H,19,23)(H,20,21). The van der Waals surface area contributed by atoms with E-state index in [1.165, 1.54) is 5.56 Å². The van der Waals surface area contributed by atoms with Gasteiger partial charge in [-0.1, -0.05) is 6.07 Å². The Morgan fingerprint density at radius 3 is 2.91 bits per heavy atom. The summed E-state index contributed by atoms with van der Waals surface area (Å²) in [5.74, 6) is 0.748. The van der Waals surface area contributed by atoms with Crippen LogP contribution in [0.1, 0.15) is 31.2 Å². The maximum Gasteiger partial charge on any atom is 0.317 e. The third-order valence-electron chi connectivity index (χ3n) is 4.52. The molecular weight excluding hydrogens is 290 g/mol. The number of aromatic amines is 1. The van der Waals surface area contributed by atoms with Crippen LogP contribution in [0.15, 0.2) is 18.2 Å². The van der Waals surface area contributed by atoms with Gasteiger partial charge in [-0.25, -0.2) is 9.78 Å². The van der Waals surface area contributed by atoms with Crippen molar-refractivity contribution in [2.24, 2.45) is 5.41 Å². The molecule has 0 aliphatic carbocycles. The predicted molar refractivity (Wildman–Crippen MR) is 87.6 cm³/mol. The molecule has 23 heavy (non-hydrogen) atoms. The first kappa shape index (κ1) is 15.3. The minimum absolute atomic E-state index is 0.0957. The highest BCUT2D eigenvalue weighted by atomic mass is 16.2. The Bertz CT molecular complexity index is 765. The molecule has 2 N–H and O–H groups in total. The second kappa shape index (κ2) is 5.92. The van der Waals surface area contributed by atoms with Crippen molar-refractivity contribution in [1.29, 1.82) is 5.26 Å². The number of fused-ring (bicyclic) bond motifs is 1. The maximum atomic E-state index is 12.2. The summed E-state index contributed by atoms with van der Waals surface area (Å²) in [7, 11) is 0. The summed E-state index contributed by atoms with van der Waals surface area (Å²) in [5, 5.41) is 12.0. The summed E-state index contributed by atoms with van der Waals surface area (Å²) >= 11 is 0. The number of nitriles is 1. The Labute approximate surface area is 135 Å². The number of aryl methyl sites for hydroxylation is 1. The van der Waals surface area contributed by atoms with Gasteiger partial charge in [-0.05, 0) is 44.4 Å². The molecule has 0 unspecified atom stereocenters. The summed E-state index contributed by atoms with van der Waals surface area (Å²) in [6.45, 7) is 5.61. The zero-order valence-corrected chi connectivity index (χ0v) is 13.5. The third-order valence-corrected chi connectivity index (χ3v) is 4.52. The molecular formula is C17H21N5O. The van der Waals surface area contributed by atoms with Gasteiger partial charge in [0.1, 0.15) is 5.82 Å². The Kier molecular flexibility index (Phi) is 3.95. The van der Waals surface area contributed by atoms with Gasteiger partial charge in [-0.15, -0.1) is 0 Å². The van der Waals surface area contributed by atoms with Crippen LogP contribution in [0.5, 0.6) is 0 Å². The second-order valence-corrected chi connectivity index (χ2v) is 6.52. The fraction of sp³-hybridized carbons (Fsp3) is 0.471. The van der Waals surface area contributed by atoms with Crippen molar-refractivity contribution in [3.63, 3.8) is 0 Å². The van der Waals surface area contributed by atoms with Crippen molar-refractivity contribution < 1.29 is 4.79 Å².